The number of hydrogen-bond donors (Lipinski definition) is 2. The lowest BCUT2D eigenvalue weighted by atomic mass is 9.83. The molecule has 1 amide bonds. The van der Waals surface area contributed by atoms with E-state index < -0.39 is 12.2 Å². The molecule has 1 aliphatic rings. The first-order valence-corrected chi connectivity index (χ1v) is 9.49. The normalized spacial score (nSPS) is 14.9. The van der Waals surface area contributed by atoms with Crippen molar-refractivity contribution in [2.75, 3.05) is 13.2 Å². The van der Waals surface area contributed by atoms with Gasteiger partial charge in [-0.25, -0.2) is 14.2 Å². The fraction of sp³-hybridized carbons (Fsp3) is 0.429. The molecular formula is C21H27N3O4. The lowest BCUT2D eigenvalue weighted by Crippen LogP contribution is -2.32. The minimum absolute atomic E-state index is 0.0332. The molecule has 2 heterocycles. The zero-order chi connectivity index (χ0) is 20.5. The summed E-state index contributed by atoms with van der Waals surface area (Å²) < 4.78 is 12.2. The van der Waals surface area contributed by atoms with Gasteiger partial charge in [-0.1, -0.05) is 13.8 Å². The third-order valence-electron chi connectivity index (χ3n) is 4.62. The van der Waals surface area contributed by atoms with Crippen LogP contribution in [0.2, 0.25) is 0 Å². The molecule has 1 aromatic heterocycles. The van der Waals surface area contributed by atoms with Crippen LogP contribution in [0, 0.1) is 0 Å². The van der Waals surface area contributed by atoms with E-state index in [9.17, 15) is 9.59 Å². The maximum absolute atomic E-state index is 12.8. The summed E-state index contributed by atoms with van der Waals surface area (Å²) in [6.45, 7) is 10.7. The second kappa shape index (κ2) is 7.58. The van der Waals surface area contributed by atoms with E-state index in [1.807, 2.05) is 32.2 Å². The smallest absolute Gasteiger partial charge is 0.418 e. The van der Waals surface area contributed by atoms with E-state index >= 15 is 0 Å². The van der Waals surface area contributed by atoms with Gasteiger partial charge in [-0.05, 0) is 50.7 Å². The zero-order valence-corrected chi connectivity index (χ0v) is 17.0. The summed E-state index contributed by atoms with van der Waals surface area (Å²) >= 11 is 0. The summed E-state index contributed by atoms with van der Waals surface area (Å²) in [5.41, 5.74) is 2.26. The Morgan fingerprint density at radius 3 is 2.75 bits per heavy atom. The highest BCUT2D eigenvalue weighted by Gasteiger charge is 2.32. The van der Waals surface area contributed by atoms with Crippen molar-refractivity contribution in [2.45, 2.75) is 46.1 Å². The lowest BCUT2D eigenvalue weighted by molar-refractivity contribution is 0.155. The van der Waals surface area contributed by atoms with Gasteiger partial charge in [-0.2, -0.15) is 0 Å². The van der Waals surface area contributed by atoms with Gasteiger partial charge in [0, 0.05) is 29.5 Å². The Hall–Kier alpha value is -2.96. The van der Waals surface area contributed by atoms with Crippen LogP contribution in [0.15, 0.2) is 24.4 Å². The molecule has 0 fully saturated rings. The monoisotopic (exact) mass is 385 g/mol. The molecular weight excluding hydrogens is 358 g/mol. The maximum atomic E-state index is 12.8. The molecule has 1 aromatic carbocycles. The van der Waals surface area contributed by atoms with Gasteiger partial charge < -0.3 is 20.1 Å². The standard InChI is InChI=1S/C21H27N3O4/c1-6-27-20(26)24-16-9-10-22-12-21(4,5)18(16)15-8-7-14(11-17(15)24)28-19(25)23-13(2)3/h7-11,13,22H,6,12H2,1-5H3,(H,23,25). The average Bonchev–Trinajstić information content (AvgIpc) is 2.83. The summed E-state index contributed by atoms with van der Waals surface area (Å²) in [6.07, 6.45) is 2.73. The Labute approximate surface area is 164 Å². The molecule has 0 bridgehead atoms. The molecule has 0 spiro atoms. The molecule has 1 aliphatic heterocycles. The minimum atomic E-state index is -0.533. The van der Waals surface area contributed by atoms with Gasteiger partial charge in [-0.15, -0.1) is 0 Å². The highest BCUT2D eigenvalue weighted by Crippen LogP contribution is 2.39. The molecule has 0 atom stereocenters. The summed E-state index contributed by atoms with van der Waals surface area (Å²) in [5.74, 6) is 0.365. The fourth-order valence-electron chi connectivity index (χ4n) is 3.52. The van der Waals surface area contributed by atoms with Gasteiger partial charge in [0.2, 0.25) is 0 Å². The molecule has 0 aliphatic carbocycles. The molecule has 150 valence electrons. The number of ether oxygens (including phenoxy) is 2. The topological polar surface area (TPSA) is 81.6 Å². The third kappa shape index (κ3) is 3.69. The highest BCUT2D eigenvalue weighted by molar-refractivity contribution is 5.98. The van der Waals surface area contributed by atoms with E-state index in [-0.39, 0.29) is 18.1 Å². The first-order chi connectivity index (χ1) is 13.2. The Balaban J connectivity index is 2.18. The minimum Gasteiger partial charge on any atom is -0.449 e. The quantitative estimate of drug-likeness (QED) is 0.835. The van der Waals surface area contributed by atoms with Gasteiger partial charge in [0.1, 0.15) is 5.75 Å². The maximum Gasteiger partial charge on any atom is 0.418 e. The number of rotatable bonds is 3. The van der Waals surface area contributed by atoms with Crippen molar-refractivity contribution in [1.82, 2.24) is 15.2 Å². The predicted octanol–water partition coefficient (Wildman–Crippen LogP) is 3.99. The molecule has 0 radical (unpaired) electrons. The van der Waals surface area contributed by atoms with Crippen LogP contribution in [-0.4, -0.2) is 35.9 Å². The number of aromatic nitrogens is 1. The fourth-order valence-corrected chi connectivity index (χ4v) is 3.52. The van der Waals surface area contributed by atoms with Crippen LogP contribution in [0.25, 0.3) is 17.0 Å². The van der Waals surface area contributed by atoms with Gasteiger partial charge in [0.25, 0.3) is 0 Å². The molecule has 7 nitrogen and oxygen atoms in total. The van der Waals surface area contributed by atoms with Gasteiger partial charge in [-0.3, -0.25) is 0 Å². The van der Waals surface area contributed by atoms with Gasteiger partial charge >= 0.3 is 12.2 Å². The first-order valence-electron chi connectivity index (χ1n) is 9.49. The highest BCUT2D eigenvalue weighted by atomic mass is 16.6. The summed E-state index contributed by atoms with van der Waals surface area (Å²) in [6, 6.07) is 5.31. The molecule has 3 rings (SSSR count). The van der Waals surface area contributed by atoms with E-state index in [0.717, 1.165) is 23.2 Å². The third-order valence-corrected chi connectivity index (χ3v) is 4.62. The van der Waals surface area contributed by atoms with Crippen molar-refractivity contribution in [2.24, 2.45) is 0 Å². The number of benzene rings is 1. The van der Waals surface area contributed by atoms with Crippen LogP contribution < -0.4 is 15.4 Å². The van der Waals surface area contributed by atoms with Crippen LogP contribution in [0.5, 0.6) is 5.75 Å². The van der Waals surface area contributed by atoms with Crippen molar-refractivity contribution >= 4 is 29.2 Å². The molecule has 28 heavy (non-hydrogen) atoms. The number of amides is 1. The van der Waals surface area contributed by atoms with Crippen molar-refractivity contribution in [3.05, 3.63) is 35.7 Å². The number of hydrogen-bond acceptors (Lipinski definition) is 5. The van der Waals surface area contributed by atoms with Crippen LogP contribution in [0.1, 0.15) is 45.9 Å². The van der Waals surface area contributed by atoms with E-state index in [0.29, 0.717) is 11.3 Å². The molecule has 2 N–H and O–H groups in total. The molecule has 0 saturated carbocycles. The number of carbonyl (C=O) groups is 2. The van der Waals surface area contributed by atoms with Crippen molar-refractivity contribution in [3.63, 3.8) is 0 Å². The van der Waals surface area contributed by atoms with E-state index in [2.05, 4.69) is 24.5 Å². The summed E-state index contributed by atoms with van der Waals surface area (Å²) in [4.78, 5) is 24.7. The zero-order valence-electron chi connectivity index (χ0n) is 17.0. The Morgan fingerprint density at radius 2 is 2.07 bits per heavy atom. The summed E-state index contributed by atoms with van der Waals surface area (Å²) in [5, 5.41) is 6.88. The van der Waals surface area contributed by atoms with Gasteiger partial charge in [0.15, 0.2) is 0 Å². The molecule has 2 aromatic rings. The number of fused-ring (bicyclic) bond motifs is 3. The number of nitrogens with zero attached hydrogens (tertiary/aromatic N) is 1. The lowest BCUT2D eigenvalue weighted by Gasteiger charge is -2.24. The summed E-state index contributed by atoms with van der Waals surface area (Å²) in [7, 11) is 0. The largest absolute Gasteiger partial charge is 0.449 e. The van der Waals surface area contributed by atoms with Crippen LogP contribution in [-0.2, 0) is 10.2 Å². The average molecular weight is 385 g/mol. The van der Waals surface area contributed by atoms with Crippen molar-refractivity contribution in [3.8, 4) is 5.75 Å². The second-order valence-electron chi connectivity index (χ2n) is 7.76. The van der Waals surface area contributed by atoms with Crippen molar-refractivity contribution in [1.29, 1.82) is 0 Å². The first kappa shape index (κ1) is 19.8. The SMILES string of the molecule is CCOC(=O)n1c2c(c3ccc(OC(=O)NC(C)C)cc31)C(C)(C)CNC=C2. The molecule has 7 heteroatoms. The van der Waals surface area contributed by atoms with Crippen LogP contribution in [0.4, 0.5) is 9.59 Å². The Kier molecular flexibility index (Phi) is 5.36. The predicted molar refractivity (Wildman–Crippen MR) is 109 cm³/mol. The molecule has 0 unspecified atom stereocenters. The number of carbonyl (C=O) groups excluding carboxylic acids is 2. The Morgan fingerprint density at radius 1 is 1.32 bits per heavy atom. The molecule has 0 saturated heterocycles. The van der Waals surface area contributed by atoms with Crippen LogP contribution >= 0.6 is 0 Å². The van der Waals surface area contributed by atoms with E-state index in [4.69, 9.17) is 9.47 Å². The van der Waals surface area contributed by atoms with Crippen LogP contribution in [0.3, 0.4) is 0 Å². The number of nitrogens with one attached hydrogen (secondary N) is 2. The van der Waals surface area contributed by atoms with Crippen molar-refractivity contribution < 1.29 is 19.1 Å². The second-order valence-corrected chi connectivity index (χ2v) is 7.76. The Bertz CT molecular complexity index is 941. The van der Waals surface area contributed by atoms with E-state index in [1.165, 1.54) is 0 Å². The van der Waals surface area contributed by atoms with Gasteiger partial charge in [0.05, 0.1) is 17.8 Å². The van der Waals surface area contributed by atoms with E-state index in [1.54, 1.807) is 23.6 Å².